The normalized spacial score (nSPS) is 22.9. The van der Waals surface area contributed by atoms with Gasteiger partial charge in [0, 0.05) is 24.7 Å². The number of piperidine rings is 1. The van der Waals surface area contributed by atoms with Crippen LogP contribution >= 0.6 is 0 Å². The van der Waals surface area contributed by atoms with Crippen molar-refractivity contribution in [2.45, 2.75) is 71.8 Å². The monoisotopic (exact) mass is 398 g/mol. The molecule has 1 aliphatic heterocycles. The highest BCUT2D eigenvalue weighted by Crippen LogP contribution is 2.41. The standard InChI is InChI=1S/C22H30N4O3/c1-13-17-15(19(27)25-10-6-9-22(5,12-25)20(28)29)11-16(14-7-8-14)23-18(17)26(24-13)21(2,3)4/h11,14H,6-10,12H2,1-5H3,(H,28,29). The first kappa shape index (κ1) is 19.9. The second kappa shape index (κ2) is 6.54. The number of carbonyl (C=O) groups is 2. The highest BCUT2D eigenvalue weighted by Gasteiger charge is 2.40. The van der Waals surface area contributed by atoms with Crippen LogP contribution in [0, 0.1) is 12.3 Å². The molecular weight excluding hydrogens is 368 g/mol. The van der Waals surface area contributed by atoms with Crippen molar-refractivity contribution >= 4 is 22.9 Å². The van der Waals surface area contributed by atoms with Crippen molar-refractivity contribution in [2.24, 2.45) is 5.41 Å². The number of fused-ring (bicyclic) bond motifs is 1. The molecule has 2 aromatic rings. The van der Waals surface area contributed by atoms with Gasteiger partial charge in [0.25, 0.3) is 5.91 Å². The van der Waals surface area contributed by atoms with Crippen LogP contribution in [0.3, 0.4) is 0 Å². The third-order valence-electron chi connectivity index (χ3n) is 6.19. The van der Waals surface area contributed by atoms with Gasteiger partial charge in [0.15, 0.2) is 5.65 Å². The second-order valence-electron chi connectivity index (χ2n) is 9.93. The summed E-state index contributed by atoms with van der Waals surface area (Å²) in [5.74, 6) is -0.548. The van der Waals surface area contributed by atoms with Gasteiger partial charge in [0.05, 0.1) is 27.6 Å². The fourth-order valence-corrected chi connectivity index (χ4v) is 4.29. The predicted molar refractivity (Wildman–Crippen MR) is 110 cm³/mol. The molecule has 0 aromatic carbocycles. The molecule has 0 radical (unpaired) electrons. The van der Waals surface area contributed by atoms with Gasteiger partial charge < -0.3 is 10.0 Å². The Hall–Kier alpha value is -2.44. The predicted octanol–water partition coefficient (Wildman–Crippen LogP) is 3.70. The molecule has 0 spiro atoms. The lowest BCUT2D eigenvalue weighted by molar-refractivity contribution is -0.150. The molecule has 2 fully saturated rings. The number of aromatic nitrogens is 3. The van der Waals surface area contributed by atoms with Crippen LogP contribution in [0.4, 0.5) is 0 Å². The first-order chi connectivity index (χ1) is 13.5. The van der Waals surface area contributed by atoms with Crippen molar-refractivity contribution in [1.29, 1.82) is 0 Å². The molecule has 7 heteroatoms. The van der Waals surface area contributed by atoms with Crippen molar-refractivity contribution in [2.75, 3.05) is 13.1 Å². The Bertz CT molecular complexity index is 1000. The smallest absolute Gasteiger partial charge is 0.311 e. The van der Waals surface area contributed by atoms with E-state index in [-0.39, 0.29) is 18.0 Å². The highest BCUT2D eigenvalue weighted by molar-refractivity contribution is 6.07. The fourth-order valence-electron chi connectivity index (χ4n) is 4.29. The van der Waals surface area contributed by atoms with Gasteiger partial charge >= 0.3 is 5.97 Å². The third kappa shape index (κ3) is 3.40. The van der Waals surface area contributed by atoms with E-state index in [1.807, 2.05) is 17.7 Å². The lowest BCUT2D eigenvalue weighted by Crippen LogP contribution is -2.48. The van der Waals surface area contributed by atoms with Gasteiger partial charge in [-0.1, -0.05) is 0 Å². The Balaban J connectivity index is 1.83. The Kier molecular flexibility index (Phi) is 4.48. The second-order valence-corrected chi connectivity index (χ2v) is 9.93. The van der Waals surface area contributed by atoms with Gasteiger partial charge in [0.1, 0.15) is 0 Å². The molecule has 1 aliphatic carbocycles. The average molecular weight is 399 g/mol. The average Bonchev–Trinajstić information content (AvgIpc) is 3.43. The SMILES string of the molecule is Cc1nn(C(C)(C)C)c2nc(C3CC3)cc(C(=O)N3CCCC(C)(C(=O)O)C3)c12. The van der Waals surface area contributed by atoms with Crippen molar-refractivity contribution in [3.05, 3.63) is 23.0 Å². The Morgan fingerprint density at radius 1 is 1.28 bits per heavy atom. The summed E-state index contributed by atoms with van der Waals surface area (Å²) in [4.78, 5) is 32.0. The van der Waals surface area contributed by atoms with Crippen LogP contribution in [0.1, 0.15) is 81.0 Å². The molecule has 29 heavy (non-hydrogen) atoms. The molecule has 1 amide bonds. The van der Waals surface area contributed by atoms with Crippen LogP contribution < -0.4 is 0 Å². The minimum atomic E-state index is -0.899. The molecule has 2 aliphatic rings. The topological polar surface area (TPSA) is 88.3 Å². The number of aryl methyl sites for hydroxylation is 1. The van der Waals surface area contributed by atoms with E-state index in [1.165, 1.54) is 0 Å². The number of carbonyl (C=O) groups excluding carboxylic acids is 1. The fraction of sp³-hybridized carbons (Fsp3) is 0.636. The maximum atomic E-state index is 13.6. The number of rotatable bonds is 3. The van der Waals surface area contributed by atoms with E-state index in [0.717, 1.165) is 35.3 Å². The Morgan fingerprint density at radius 3 is 2.55 bits per heavy atom. The van der Waals surface area contributed by atoms with Crippen molar-refractivity contribution in [1.82, 2.24) is 19.7 Å². The third-order valence-corrected chi connectivity index (χ3v) is 6.19. The minimum absolute atomic E-state index is 0.108. The quantitative estimate of drug-likeness (QED) is 0.852. The number of likely N-dealkylation sites (tertiary alicyclic amines) is 1. The van der Waals surface area contributed by atoms with Gasteiger partial charge in [-0.2, -0.15) is 5.10 Å². The summed E-state index contributed by atoms with van der Waals surface area (Å²) in [5.41, 5.74) is 1.94. The largest absolute Gasteiger partial charge is 0.481 e. The number of hydrogen-bond acceptors (Lipinski definition) is 4. The number of nitrogens with zero attached hydrogens (tertiary/aromatic N) is 4. The number of amides is 1. The van der Waals surface area contributed by atoms with E-state index in [9.17, 15) is 14.7 Å². The van der Waals surface area contributed by atoms with Gasteiger partial charge in [-0.25, -0.2) is 9.67 Å². The molecule has 3 heterocycles. The van der Waals surface area contributed by atoms with Crippen LogP contribution in [0.15, 0.2) is 6.07 Å². The molecule has 1 saturated heterocycles. The van der Waals surface area contributed by atoms with Gasteiger partial charge in [-0.3, -0.25) is 9.59 Å². The molecular formula is C22H30N4O3. The first-order valence-electron chi connectivity index (χ1n) is 10.4. The summed E-state index contributed by atoms with van der Waals surface area (Å²) < 4.78 is 1.91. The van der Waals surface area contributed by atoms with E-state index >= 15 is 0 Å². The molecule has 0 bridgehead atoms. The summed E-state index contributed by atoms with van der Waals surface area (Å²) in [6.07, 6.45) is 3.47. The Morgan fingerprint density at radius 2 is 1.97 bits per heavy atom. The molecule has 2 aromatic heterocycles. The summed E-state index contributed by atoms with van der Waals surface area (Å²) in [7, 11) is 0. The highest BCUT2D eigenvalue weighted by atomic mass is 16.4. The van der Waals surface area contributed by atoms with Crippen LogP contribution in [-0.2, 0) is 10.3 Å². The van der Waals surface area contributed by atoms with Crippen LogP contribution in [-0.4, -0.2) is 49.7 Å². The van der Waals surface area contributed by atoms with Gasteiger partial charge in [0.2, 0.25) is 0 Å². The molecule has 1 saturated carbocycles. The van der Waals surface area contributed by atoms with Crippen LogP contribution in [0.2, 0.25) is 0 Å². The lowest BCUT2D eigenvalue weighted by Gasteiger charge is -2.37. The van der Waals surface area contributed by atoms with Crippen molar-refractivity contribution < 1.29 is 14.7 Å². The van der Waals surface area contributed by atoms with Gasteiger partial charge in [-0.15, -0.1) is 0 Å². The van der Waals surface area contributed by atoms with E-state index in [2.05, 4.69) is 20.8 Å². The summed E-state index contributed by atoms with van der Waals surface area (Å²) in [6.45, 7) is 10.7. The van der Waals surface area contributed by atoms with E-state index in [1.54, 1.807) is 11.8 Å². The first-order valence-corrected chi connectivity index (χ1v) is 10.4. The lowest BCUT2D eigenvalue weighted by atomic mass is 9.82. The van der Waals surface area contributed by atoms with Crippen LogP contribution in [0.5, 0.6) is 0 Å². The molecule has 1 unspecified atom stereocenters. The minimum Gasteiger partial charge on any atom is -0.481 e. The maximum absolute atomic E-state index is 13.6. The molecule has 4 rings (SSSR count). The van der Waals surface area contributed by atoms with Crippen molar-refractivity contribution in [3.63, 3.8) is 0 Å². The number of pyridine rings is 1. The summed E-state index contributed by atoms with van der Waals surface area (Å²) >= 11 is 0. The van der Waals surface area contributed by atoms with Crippen LogP contribution in [0.25, 0.3) is 11.0 Å². The number of carboxylic acid groups (broad SMARTS) is 1. The number of hydrogen-bond donors (Lipinski definition) is 1. The zero-order valence-corrected chi connectivity index (χ0v) is 17.9. The molecule has 7 nitrogen and oxygen atoms in total. The zero-order valence-electron chi connectivity index (χ0n) is 17.9. The van der Waals surface area contributed by atoms with Crippen molar-refractivity contribution in [3.8, 4) is 0 Å². The zero-order chi connectivity index (χ0) is 21.1. The summed E-state index contributed by atoms with van der Waals surface area (Å²) in [6, 6.07) is 1.93. The molecule has 156 valence electrons. The maximum Gasteiger partial charge on any atom is 0.311 e. The summed E-state index contributed by atoms with van der Waals surface area (Å²) in [5, 5.41) is 15.1. The number of carboxylic acids is 1. The van der Waals surface area contributed by atoms with E-state index in [0.29, 0.717) is 30.9 Å². The molecule has 1 N–H and O–H groups in total. The Labute approximate surface area is 171 Å². The van der Waals surface area contributed by atoms with Gasteiger partial charge in [-0.05, 0) is 66.4 Å². The van der Waals surface area contributed by atoms with E-state index < -0.39 is 11.4 Å². The number of aliphatic carboxylic acids is 1. The van der Waals surface area contributed by atoms with E-state index in [4.69, 9.17) is 10.1 Å². The molecule has 1 atom stereocenters.